The molecule has 5 rings (SSSR count). The Hall–Kier alpha value is -3.42. The third-order valence-electron chi connectivity index (χ3n) is 6.98. The van der Waals surface area contributed by atoms with Gasteiger partial charge in [0.1, 0.15) is 11.4 Å². The fourth-order valence-corrected chi connectivity index (χ4v) is 5.82. The SMILES string of the molecule is CC(=O)N(c1ccccc1)C1CC(C)N(C(=O)C2(C)NN(C)c3nccc(Cl)c32)c2ccccc21. The Balaban J connectivity index is 1.60. The summed E-state index contributed by atoms with van der Waals surface area (Å²) in [6, 6.07) is 18.8. The second-order valence-electron chi connectivity index (χ2n) is 9.35. The number of hydrogen-bond acceptors (Lipinski definition) is 5. The highest BCUT2D eigenvalue weighted by atomic mass is 35.5. The Morgan fingerprint density at radius 2 is 1.80 bits per heavy atom. The van der Waals surface area contributed by atoms with Crippen LogP contribution in [0.5, 0.6) is 0 Å². The van der Waals surface area contributed by atoms with E-state index in [0.29, 0.717) is 22.8 Å². The van der Waals surface area contributed by atoms with Crippen LogP contribution in [0.15, 0.2) is 66.9 Å². The number of benzene rings is 2. The van der Waals surface area contributed by atoms with Crippen molar-refractivity contribution in [2.24, 2.45) is 0 Å². The summed E-state index contributed by atoms with van der Waals surface area (Å²) in [6.45, 7) is 5.46. The number of para-hydroxylation sites is 2. The molecule has 2 aromatic carbocycles. The number of halogens is 1. The lowest BCUT2D eigenvalue weighted by molar-refractivity contribution is -0.125. The van der Waals surface area contributed by atoms with Gasteiger partial charge in [0.15, 0.2) is 0 Å². The molecule has 0 radical (unpaired) electrons. The van der Waals surface area contributed by atoms with E-state index in [-0.39, 0.29) is 23.9 Å². The molecule has 0 aliphatic carbocycles. The zero-order valence-corrected chi connectivity index (χ0v) is 21.0. The van der Waals surface area contributed by atoms with E-state index in [1.165, 1.54) is 0 Å². The Morgan fingerprint density at radius 3 is 2.51 bits per heavy atom. The first-order valence-corrected chi connectivity index (χ1v) is 12.1. The Kier molecular flexibility index (Phi) is 5.77. The minimum absolute atomic E-state index is 0.0409. The first-order valence-electron chi connectivity index (χ1n) is 11.7. The Labute approximate surface area is 210 Å². The van der Waals surface area contributed by atoms with Crippen molar-refractivity contribution in [1.82, 2.24) is 10.4 Å². The fraction of sp³-hybridized carbons (Fsp3) is 0.296. The highest BCUT2D eigenvalue weighted by Gasteiger charge is 2.51. The highest BCUT2D eigenvalue weighted by Crippen LogP contribution is 2.46. The van der Waals surface area contributed by atoms with Gasteiger partial charge in [-0.25, -0.2) is 10.4 Å². The Bertz CT molecular complexity index is 1300. The van der Waals surface area contributed by atoms with Crippen LogP contribution < -0.4 is 20.2 Å². The molecule has 2 aliphatic heterocycles. The molecule has 0 fully saturated rings. The summed E-state index contributed by atoms with van der Waals surface area (Å²) in [7, 11) is 1.83. The van der Waals surface area contributed by atoms with Gasteiger partial charge in [0.2, 0.25) is 5.91 Å². The predicted octanol–water partition coefficient (Wildman–Crippen LogP) is 4.82. The zero-order chi connectivity index (χ0) is 24.9. The van der Waals surface area contributed by atoms with Crippen LogP contribution in [0, 0.1) is 0 Å². The molecule has 2 aliphatic rings. The van der Waals surface area contributed by atoms with E-state index in [1.807, 2.05) is 85.3 Å². The number of hydrogen-bond donors (Lipinski definition) is 1. The third-order valence-corrected chi connectivity index (χ3v) is 7.30. The van der Waals surface area contributed by atoms with Gasteiger partial charge in [-0.05, 0) is 50.1 Å². The Morgan fingerprint density at radius 1 is 1.11 bits per heavy atom. The molecular weight excluding hydrogens is 462 g/mol. The number of pyridine rings is 1. The molecule has 0 saturated heterocycles. The van der Waals surface area contributed by atoms with Gasteiger partial charge >= 0.3 is 0 Å². The van der Waals surface area contributed by atoms with Gasteiger partial charge < -0.3 is 9.80 Å². The van der Waals surface area contributed by atoms with E-state index in [0.717, 1.165) is 16.9 Å². The number of nitrogens with one attached hydrogen (secondary N) is 1. The fourth-order valence-electron chi connectivity index (χ4n) is 5.49. The van der Waals surface area contributed by atoms with Crippen LogP contribution in [-0.2, 0) is 15.1 Å². The number of nitrogens with zero attached hydrogens (tertiary/aromatic N) is 4. The van der Waals surface area contributed by atoms with E-state index >= 15 is 0 Å². The minimum Gasteiger partial charge on any atom is -0.307 e. The van der Waals surface area contributed by atoms with Crippen molar-refractivity contribution in [2.45, 2.75) is 44.8 Å². The summed E-state index contributed by atoms with van der Waals surface area (Å²) in [6.07, 6.45) is 2.23. The smallest absolute Gasteiger partial charge is 0.253 e. The van der Waals surface area contributed by atoms with Crippen LogP contribution in [0.2, 0.25) is 5.02 Å². The van der Waals surface area contributed by atoms with Crippen molar-refractivity contribution in [1.29, 1.82) is 0 Å². The van der Waals surface area contributed by atoms with E-state index in [1.54, 1.807) is 24.2 Å². The molecule has 1 N–H and O–H groups in total. The summed E-state index contributed by atoms with van der Waals surface area (Å²) in [5.74, 6) is 0.474. The number of fused-ring (bicyclic) bond motifs is 2. The highest BCUT2D eigenvalue weighted by molar-refractivity contribution is 6.32. The van der Waals surface area contributed by atoms with Crippen LogP contribution in [0.4, 0.5) is 17.2 Å². The number of anilines is 3. The monoisotopic (exact) mass is 489 g/mol. The molecule has 2 amide bonds. The quantitative estimate of drug-likeness (QED) is 0.571. The number of amides is 2. The molecule has 3 unspecified atom stereocenters. The lowest BCUT2D eigenvalue weighted by atomic mass is 9.86. The average molecular weight is 490 g/mol. The molecule has 35 heavy (non-hydrogen) atoms. The third kappa shape index (κ3) is 3.66. The molecule has 3 atom stereocenters. The van der Waals surface area contributed by atoms with E-state index in [9.17, 15) is 9.59 Å². The average Bonchev–Trinajstić information content (AvgIpc) is 3.11. The normalized spacial score (nSPS) is 23.0. The summed E-state index contributed by atoms with van der Waals surface area (Å²) in [5.41, 5.74) is 5.43. The maximum absolute atomic E-state index is 14.3. The maximum Gasteiger partial charge on any atom is 0.253 e. The van der Waals surface area contributed by atoms with Crippen molar-refractivity contribution in [2.75, 3.05) is 21.9 Å². The predicted molar refractivity (Wildman–Crippen MR) is 138 cm³/mol. The van der Waals surface area contributed by atoms with Gasteiger partial charge in [0, 0.05) is 43.1 Å². The topological polar surface area (TPSA) is 68.8 Å². The van der Waals surface area contributed by atoms with E-state index < -0.39 is 5.54 Å². The van der Waals surface area contributed by atoms with Crippen molar-refractivity contribution in [3.63, 3.8) is 0 Å². The van der Waals surface area contributed by atoms with E-state index in [4.69, 9.17) is 11.6 Å². The molecule has 8 heteroatoms. The van der Waals surface area contributed by atoms with E-state index in [2.05, 4.69) is 10.4 Å². The molecule has 0 bridgehead atoms. The number of hydrazine groups is 1. The number of rotatable bonds is 3. The van der Waals surface area contributed by atoms with Crippen LogP contribution in [0.3, 0.4) is 0 Å². The molecule has 3 heterocycles. The molecule has 3 aromatic rings. The van der Waals surface area contributed by atoms with Crippen LogP contribution in [-0.4, -0.2) is 29.9 Å². The second kappa shape index (κ2) is 8.66. The number of aromatic nitrogens is 1. The second-order valence-corrected chi connectivity index (χ2v) is 9.75. The zero-order valence-electron chi connectivity index (χ0n) is 20.2. The van der Waals surface area contributed by atoms with Gasteiger partial charge in [-0.2, -0.15) is 0 Å². The molecule has 0 spiro atoms. The van der Waals surface area contributed by atoms with Gasteiger partial charge in [-0.1, -0.05) is 48.0 Å². The van der Waals surface area contributed by atoms with Crippen LogP contribution >= 0.6 is 11.6 Å². The first kappa shape index (κ1) is 23.3. The largest absolute Gasteiger partial charge is 0.307 e. The van der Waals surface area contributed by atoms with Crippen molar-refractivity contribution < 1.29 is 9.59 Å². The standard InChI is InChI=1S/C27H28ClN5O2/c1-17-16-23(33(18(2)34)19-10-6-5-7-11-19)20-12-8-9-13-22(20)32(17)26(35)27(3)24-21(28)14-15-29-25(24)31(4)30-27/h5-15,17,23,30H,16H2,1-4H3. The lowest BCUT2D eigenvalue weighted by Gasteiger charge is -2.45. The summed E-state index contributed by atoms with van der Waals surface area (Å²) < 4.78 is 0. The minimum atomic E-state index is -1.09. The molecule has 180 valence electrons. The maximum atomic E-state index is 14.3. The molecule has 1 aromatic heterocycles. The van der Waals surface area contributed by atoms with Gasteiger partial charge in [-0.3, -0.25) is 14.6 Å². The van der Waals surface area contributed by atoms with Crippen LogP contribution in [0.1, 0.15) is 44.4 Å². The molecular formula is C27H28ClN5O2. The first-order chi connectivity index (χ1) is 16.7. The summed E-state index contributed by atoms with van der Waals surface area (Å²) in [5, 5.41) is 2.24. The lowest BCUT2D eigenvalue weighted by Crippen LogP contribution is -2.58. The molecule has 0 saturated carbocycles. The van der Waals surface area contributed by atoms with Crippen molar-refractivity contribution in [3.8, 4) is 0 Å². The van der Waals surface area contributed by atoms with Crippen LogP contribution in [0.25, 0.3) is 0 Å². The summed E-state index contributed by atoms with van der Waals surface area (Å²) in [4.78, 5) is 35.3. The van der Waals surface area contributed by atoms with Gasteiger partial charge in [-0.15, -0.1) is 0 Å². The summed E-state index contributed by atoms with van der Waals surface area (Å²) >= 11 is 6.58. The van der Waals surface area contributed by atoms with Crippen molar-refractivity contribution in [3.05, 3.63) is 83.0 Å². The molecule has 7 nitrogen and oxygen atoms in total. The van der Waals surface area contributed by atoms with Crippen molar-refractivity contribution >= 4 is 40.6 Å². The number of carbonyl (C=O) groups excluding carboxylic acids is 2. The van der Waals surface area contributed by atoms with Gasteiger partial charge in [0.25, 0.3) is 5.91 Å². The number of carbonyl (C=O) groups is 2. The van der Waals surface area contributed by atoms with Gasteiger partial charge in [0.05, 0.1) is 11.1 Å².